The molecular weight excluding hydrogens is 292 g/mol. The molecule has 0 aliphatic carbocycles. The monoisotopic (exact) mass is 326 g/mol. The summed E-state index contributed by atoms with van der Waals surface area (Å²) in [6.07, 6.45) is 15.0. The van der Waals surface area contributed by atoms with E-state index in [9.17, 15) is 0 Å². The first kappa shape index (κ1) is 18.6. The van der Waals surface area contributed by atoms with Crippen molar-refractivity contribution in [1.29, 1.82) is 0 Å². The number of hydrogen-bond donors (Lipinski definition) is 2. The first-order chi connectivity index (χ1) is 11.7. The summed E-state index contributed by atoms with van der Waals surface area (Å²) in [5.74, 6) is 0. The zero-order valence-corrected chi connectivity index (χ0v) is 15.3. The van der Waals surface area contributed by atoms with E-state index in [-0.39, 0.29) is 0 Å². The zero-order valence-electron chi connectivity index (χ0n) is 15.3. The second-order valence-corrected chi connectivity index (χ2v) is 7.10. The van der Waals surface area contributed by atoms with Crippen LogP contribution < -0.4 is 11.5 Å². The highest BCUT2D eigenvalue weighted by atomic mass is 14.6. The molecule has 2 heteroatoms. The van der Waals surface area contributed by atoms with Gasteiger partial charge in [0.25, 0.3) is 0 Å². The van der Waals surface area contributed by atoms with Crippen LogP contribution in [0.15, 0.2) is 30.3 Å². The predicted molar refractivity (Wildman–Crippen MR) is 108 cm³/mol. The Morgan fingerprint density at radius 2 is 1.33 bits per heavy atom. The van der Waals surface area contributed by atoms with E-state index in [1.54, 1.807) is 0 Å². The van der Waals surface area contributed by atoms with E-state index in [1.807, 2.05) is 12.1 Å². The number of nitrogen functional groups attached to an aromatic ring is 2. The van der Waals surface area contributed by atoms with Gasteiger partial charge < -0.3 is 11.5 Å². The molecule has 0 saturated heterocycles. The van der Waals surface area contributed by atoms with Crippen molar-refractivity contribution < 1.29 is 0 Å². The lowest BCUT2D eigenvalue weighted by Crippen LogP contribution is -1.93. The van der Waals surface area contributed by atoms with E-state index < -0.39 is 0 Å². The summed E-state index contributed by atoms with van der Waals surface area (Å²) < 4.78 is 0. The standard InChI is InChI=1S/C22H34N2/c1-2-3-4-5-6-7-8-9-10-11-12-18-13-14-19-16-20(23)17-22(24)21(19)15-18/h13-17H,2-12,23-24H2,1H3. The van der Waals surface area contributed by atoms with E-state index in [0.717, 1.165) is 28.6 Å². The summed E-state index contributed by atoms with van der Waals surface area (Å²) in [7, 11) is 0. The fourth-order valence-corrected chi connectivity index (χ4v) is 3.43. The molecule has 0 spiro atoms. The molecule has 2 aromatic rings. The summed E-state index contributed by atoms with van der Waals surface area (Å²) in [5, 5.41) is 2.27. The summed E-state index contributed by atoms with van der Waals surface area (Å²) >= 11 is 0. The highest BCUT2D eigenvalue weighted by molar-refractivity contribution is 5.95. The lowest BCUT2D eigenvalue weighted by molar-refractivity contribution is 0.556. The van der Waals surface area contributed by atoms with Crippen LogP contribution in [-0.4, -0.2) is 0 Å². The largest absolute Gasteiger partial charge is 0.399 e. The van der Waals surface area contributed by atoms with Gasteiger partial charge in [0, 0.05) is 16.8 Å². The molecule has 0 radical (unpaired) electrons. The number of benzene rings is 2. The van der Waals surface area contributed by atoms with Crippen molar-refractivity contribution in [2.45, 2.75) is 77.6 Å². The second kappa shape index (κ2) is 10.2. The van der Waals surface area contributed by atoms with Crippen molar-refractivity contribution in [1.82, 2.24) is 0 Å². The number of aryl methyl sites for hydroxylation is 1. The van der Waals surface area contributed by atoms with Gasteiger partial charge in [-0.2, -0.15) is 0 Å². The van der Waals surface area contributed by atoms with Gasteiger partial charge in [-0.15, -0.1) is 0 Å². The number of rotatable bonds is 11. The minimum atomic E-state index is 0.738. The third kappa shape index (κ3) is 6.07. The second-order valence-electron chi connectivity index (χ2n) is 7.10. The summed E-state index contributed by atoms with van der Waals surface area (Å²) in [6.45, 7) is 2.28. The third-order valence-corrected chi connectivity index (χ3v) is 4.89. The van der Waals surface area contributed by atoms with Crippen LogP contribution >= 0.6 is 0 Å². The molecule has 2 nitrogen and oxygen atoms in total. The quantitative estimate of drug-likeness (QED) is 0.367. The van der Waals surface area contributed by atoms with Crippen LogP contribution in [0.25, 0.3) is 10.8 Å². The van der Waals surface area contributed by atoms with Crippen LogP contribution in [-0.2, 0) is 6.42 Å². The first-order valence-electron chi connectivity index (χ1n) is 9.78. The molecule has 24 heavy (non-hydrogen) atoms. The topological polar surface area (TPSA) is 52.0 Å². The van der Waals surface area contributed by atoms with E-state index in [4.69, 9.17) is 11.5 Å². The fraction of sp³-hybridized carbons (Fsp3) is 0.545. The Kier molecular flexibility index (Phi) is 7.94. The number of fused-ring (bicyclic) bond motifs is 1. The van der Waals surface area contributed by atoms with Crippen LogP contribution in [0.3, 0.4) is 0 Å². The van der Waals surface area contributed by atoms with Crippen molar-refractivity contribution in [2.75, 3.05) is 11.5 Å². The van der Waals surface area contributed by atoms with Crippen LogP contribution in [0.1, 0.15) is 76.7 Å². The molecular formula is C22H34N2. The van der Waals surface area contributed by atoms with Crippen molar-refractivity contribution in [3.8, 4) is 0 Å². The zero-order chi connectivity index (χ0) is 17.2. The average Bonchev–Trinajstić information content (AvgIpc) is 2.57. The van der Waals surface area contributed by atoms with Gasteiger partial charge >= 0.3 is 0 Å². The van der Waals surface area contributed by atoms with Crippen LogP contribution in [0.5, 0.6) is 0 Å². The van der Waals surface area contributed by atoms with Gasteiger partial charge in [-0.25, -0.2) is 0 Å². The number of anilines is 2. The molecule has 0 aromatic heterocycles. The van der Waals surface area contributed by atoms with E-state index in [0.29, 0.717) is 0 Å². The van der Waals surface area contributed by atoms with E-state index in [2.05, 4.69) is 25.1 Å². The summed E-state index contributed by atoms with van der Waals surface area (Å²) in [4.78, 5) is 0. The molecule has 0 saturated carbocycles. The SMILES string of the molecule is CCCCCCCCCCCCc1ccc2cc(N)cc(N)c2c1. The Bertz CT molecular complexity index is 619. The minimum absolute atomic E-state index is 0.738. The Balaban J connectivity index is 1.65. The normalized spacial score (nSPS) is 11.2. The molecule has 2 aromatic carbocycles. The third-order valence-electron chi connectivity index (χ3n) is 4.89. The maximum absolute atomic E-state index is 6.10. The summed E-state index contributed by atoms with van der Waals surface area (Å²) in [6, 6.07) is 10.4. The molecule has 0 atom stereocenters. The lowest BCUT2D eigenvalue weighted by atomic mass is 10.00. The number of hydrogen-bond acceptors (Lipinski definition) is 2. The molecule has 0 heterocycles. The smallest absolute Gasteiger partial charge is 0.0414 e. The molecule has 132 valence electrons. The van der Waals surface area contributed by atoms with Crippen molar-refractivity contribution in [3.63, 3.8) is 0 Å². The van der Waals surface area contributed by atoms with E-state index in [1.165, 1.54) is 69.8 Å². The maximum Gasteiger partial charge on any atom is 0.0414 e. The number of unbranched alkanes of at least 4 members (excludes halogenated alkanes) is 9. The molecule has 0 aliphatic heterocycles. The van der Waals surface area contributed by atoms with Crippen LogP contribution in [0, 0.1) is 0 Å². The van der Waals surface area contributed by atoms with Crippen molar-refractivity contribution in [2.24, 2.45) is 0 Å². The first-order valence-corrected chi connectivity index (χ1v) is 9.78. The van der Waals surface area contributed by atoms with Gasteiger partial charge in [0.1, 0.15) is 0 Å². The van der Waals surface area contributed by atoms with Gasteiger partial charge in [-0.3, -0.25) is 0 Å². The molecule has 0 unspecified atom stereocenters. The molecule has 0 aliphatic rings. The summed E-state index contributed by atoms with van der Waals surface area (Å²) in [5.41, 5.74) is 14.9. The van der Waals surface area contributed by atoms with Crippen LogP contribution in [0.4, 0.5) is 11.4 Å². The van der Waals surface area contributed by atoms with Crippen molar-refractivity contribution in [3.05, 3.63) is 35.9 Å². The van der Waals surface area contributed by atoms with Gasteiger partial charge in [0.15, 0.2) is 0 Å². The Hall–Kier alpha value is -1.70. The minimum Gasteiger partial charge on any atom is -0.399 e. The molecule has 0 amide bonds. The average molecular weight is 327 g/mol. The maximum atomic E-state index is 6.10. The Labute approximate surface area is 147 Å². The molecule has 0 fully saturated rings. The number of nitrogens with two attached hydrogens (primary N) is 2. The van der Waals surface area contributed by atoms with Gasteiger partial charge in [-0.05, 0) is 42.0 Å². The highest BCUT2D eigenvalue weighted by Gasteiger charge is 2.02. The molecule has 0 bridgehead atoms. The lowest BCUT2D eigenvalue weighted by Gasteiger charge is -2.07. The Morgan fingerprint density at radius 1 is 0.708 bits per heavy atom. The van der Waals surface area contributed by atoms with Gasteiger partial charge in [0.05, 0.1) is 0 Å². The van der Waals surface area contributed by atoms with Crippen LogP contribution in [0.2, 0.25) is 0 Å². The highest BCUT2D eigenvalue weighted by Crippen LogP contribution is 2.26. The molecule has 2 rings (SSSR count). The molecule has 4 N–H and O–H groups in total. The van der Waals surface area contributed by atoms with Crippen molar-refractivity contribution >= 4 is 22.1 Å². The van der Waals surface area contributed by atoms with Gasteiger partial charge in [0.2, 0.25) is 0 Å². The fourth-order valence-electron chi connectivity index (χ4n) is 3.43. The predicted octanol–water partition coefficient (Wildman–Crippen LogP) is 6.47. The van der Waals surface area contributed by atoms with E-state index >= 15 is 0 Å². The van der Waals surface area contributed by atoms with Gasteiger partial charge in [-0.1, -0.05) is 76.8 Å². The Morgan fingerprint density at radius 3 is 2.00 bits per heavy atom.